The monoisotopic (exact) mass is 622 g/mol. The number of carbonyl (C=O) groups is 2. The Balaban J connectivity index is 1.50. The summed E-state index contributed by atoms with van der Waals surface area (Å²) in [4.78, 5) is 29.3. The van der Waals surface area contributed by atoms with Crippen LogP contribution in [0, 0.1) is 11.2 Å². The van der Waals surface area contributed by atoms with E-state index in [1.54, 1.807) is 12.1 Å². The van der Waals surface area contributed by atoms with Gasteiger partial charge in [0, 0.05) is 16.5 Å². The van der Waals surface area contributed by atoms with Gasteiger partial charge in [-0.05, 0) is 65.2 Å². The fourth-order valence-corrected chi connectivity index (χ4v) is 6.29. The zero-order chi connectivity index (χ0) is 31.8. The first-order chi connectivity index (χ1) is 21.9. The van der Waals surface area contributed by atoms with Gasteiger partial charge in [0.1, 0.15) is 24.2 Å². The molecule has 2 atom stereocenters. The van der Waals surface area contributed by atoms with Gasteiger partial charge in [-0.2, -0.15) is 0 Å². The molecule has 1 unspecified atom stereocenters. The molecule has 8 heteroatoms. The topological polar surface area (TPSA) is 91.3 Å². The molecule has 1 aliphatic carbocycles. The number of hydrogen-bond acceptors (Lipinski definition) is 8. The average Bonchev–Trinajstić information content (AvgIpc) is 3.49. The predicted molar refractivity (Wildman–Crippen MR) is 173 cm³/mol. The molecule has 0 aliphatic heterocycles. The number of ether oxygens (including phenoxy) is 4. The average molecular weight is 623 g/mol. The smallest absolute Gasteiger partial charge is 0.174 e. The zero-order valence-electron chi connectivity index (χ0n) is 25.4. The first kappa shape index (κ1) is 31.7. The molecule has 0 aromatic heterocycles. The summed E-state index contributed by atoms with van der Waals surface area (Å²) in [5.74, 6) is 3.41. The highest BCUT2D eigenvalue weighted by Gasteiger charge is 2.52. The Hall–Kier alpha value is -4.71. The summed E-state index contributed by atoms with van der Waals surface area (Å²) >= 11 is 1.26. The van der Waals surface area contributed by atoms with Crippen molar-refractivity contribution in [3.05, 3.63) is 113 Å². The standard InChI is InChI=1S/C37H34O7S/c1-41-30-16-10-13-26-17-19-37(36(26)30,34(39)18-20-45-27-14-8-5-9-15-27)35(40)22-29(38)28-21-32(42-2)33(43-3)23-31(28)44-24-25-11-6-4-7-12-25/h4-16,21,23,34,39H,17,19,22,24H2,1-3H3/t34?,37-/m1/s1. The molecular formula is C37H34O7S. The summed E-state index contributed by atoms with van der Waals surface area (Å²) in [6, 6.07) is 27.7. The molecular weight excluding hydrogens is 588 g/mol. The van der Waals surface area contributed by atoms with E-state index in [4.69, 9.17) is 18.9 Å². The Morgan fingerprint density at radius 3 is 2.20 bits per heavy atom. The number of rotatable bonds is 12. The molecule has 0 amide bonds. The van der Waals surface area contributed by atoms with Gasteiger partial charge in [-0.25, -0.2) is 0 Å². The van der Waals surface area contributed by atoms with E-state index >= 15 is 0 Å². The van der Waals surface area contributed by atoms with Crippen molar-refractivity contribution in [2.24, 2.45) is 0 Å². The van der Waals surface area contributed by atoms with E-state index in [0.29, 0.717) is 29.2 Å². The lowest BCUT2D eigenvalue weighted by atomic mass is 9.71. The Labute approximate surface area is 267 Å². The summed E-state index contributed by atoms with van der Waals surface area (Å²) in [5.41, 5.74) is 1.06. The van der Waals surface area contributed by atoms with Gasteiger partial charge in [0.15, 0.2) is 23.1 Å². The number of aryl methyl sites for hydroxylation is 1. The molecule has 4 aromatic carbocycles. The molecule has 1 N–H and O–H groups in total. The Bertz CT molecular complexity index is 1730. The van der Waals surface area contributed by atoms with Crippen LogP contribution in [-0.2, 0) is 23.2 Å². The molecule has 5 rings (SSSR count). The molecule has 4 aromatic rings. The first-order valence-corrected chi connectivity index (χ1v) is 15.3. The van der Waals surface area contributed by atoms with Gasteiger partial charge in [-0.3, -0.25) is 9.59 Å². The molecule has 230 valence electrons. The van der Waals surface area contributed by atoms with Crippen molar-refractivity contribution in [1.82, 2.24) is 0 Å². The molecule has 0 heterocycles. The van der Waals surface area contributed by atoms with Crippen LogP contribution in [0.1, 0.15) is 39.9 Å². The number of Topliss-reactive ketones (excluding diaryl/α,β-unsaturated/α-hetero) is 2. The second-order valence-electron chi connectivity index (χ2n) is 10.5. The maximum absolute atomic E-state index is 14.4. The molecule has 45 heavy (non-hydrogen) atoms. The van der Waals surface area contributed by atoms with Crippen LogP contribution in [-0.4, -0.2) is 44.1 Å². The third-order valence-corrected chi connectivity index (χ3v) is 8.71. The van der Waals surface area contributed by atoms with Gasteiger partial charge in [-0.1, -0.05) is 66.6 Å². The summed E-state index contributed by atoms with van der Waals surface area (Å²) < 4.78 is 22.7. The largest absolute Gasteiger partial charge is 0.496 e. The van der Waals surface area contributed by atoms with Crippen LogP contribution >= 0.6 is 11.8 Å². The van der Waals surface area contributed by atoms with Gasteiger partial charge >= 0.3 is 0 Å². The quantitative estimate of drug-likeness (QED) is 0.0837. The van der Waals surface area contributed by atoms with Crippen molar-refractivity contribution in [1.29, 1.82) is 0 Å². The van der Waals surface area contributed by atoms with Crippen LogP contribution in [0.15, 0.2) is 95.9 Å². The van der Waals surface area contributed by atoms with E-state index < -0.39 is 29.5 Å². The summed E-state index contributed by atoms with van der Waals surface area (Å²) in [5, 5.41) is 14.6. The maximum Gasteiger partial charge on any atom is 0.174 e. The molecule has 0 saturated heterocycles. The van der Waals surface area contributed by atoms with Crippen LogP contribution < -0.4 is 18.9 Å². The maximum atomic E-state index is 14.4. The van der Waals surface area contributed by atoms with Crippen molar-refractivity contribution in [2.75, 3.05) is 21.3 Å². The summed E-state index contributed by atoms with van der Waals surface area (Å²) in [6.07, 6.45) is -1.08. The number of ketones is 2. The second kappa shape index (κ2) is 14.4. The Morgan fingerprint density at radius 1 is 0.844 bits per heavy atom. The fraction of sp³-hybridized carbons (Fsp3) is 0.243. The summed E-state index contributed by atoms with van der Waals surface area (Å²) in [6.45, 7) is 0.201. The molecule has 0 fully saturated rings. The van der Waals surface area contributed by atoms with Crippen molar-refractivity contribution < 1.29 is 33.6 Å². The number of thioether (sulfide) groups is 1. The van der Waals surface area contributed by atoms with E-state index in [2.05, 4.69) is 11.2 Å². The second-order valence-corrected chi connectivity index (χ2v) is 11.4. The van der Waals surface area contributed by atoms with E-state index in [1.165, 1.54) is 39.2 Å². The van der Waals surface area contributed by atoms with E-state index in [9.17, 15) is 14.7 Å². The number of benzene rings is 4. The number of fused-ring (bicyclic) bond motifs is 1. The number of methoxy groups -OCH3 is 3. The third-order valence-electron chi connectivity index (χ3n) is 7.98. The molecule has 0 bridgehead atoms. The van der Waals surface area contributed by atoms with Crippen molar-refractivity contribution in [3.63, 3.8) is 0 Å². The van der Waals surface area contributed by atoms with Crippen molar-refractivity contribution in [2.45, 2.75) is 42.3 Å². The molecule has 0 radical (unpaired) electrons. The molecule has 1 aliphatic rings. The number of aliphatic hydroxyl groups excluding tert-OH is 1. The van der Waals surface area contributed by atoms with E-state index in [0.717, 1.165) is 16.0 Å². The van der Waals surface area contributed by atoms with Crippen LogP contribution in [0.25, 0.3) is 0 Å². The first-order valence-electron chi connectivity index (χ1n) is 14.5. The fourth-order valence-electron chi connectivity index (χ4n) is 5.71. The van der Waals surface area contributed by atoms with Crippen LogP contribution in [0.5, 0.6) is 23.0 Å². The van der Waals surface area contributed by atoms with Gasteiger partial charge in [0.05, 0.1) is 38.7 Å². The number of carbonyl (C=O) groups excluding carboxylic acids is 2. The highest BCUT2D eigenvalue weighted by atomic mass is 32.2. The van der Waals surface area contributed by atoms with Gasteiger partial charge in [0.2, 0.25) is 0 Å². The minimum absolute atomic E-state index is 0.172. The normalized spacial score (nSPS) is 15.6. The predicted octanol–water partition coefficient (Wildman–Crippen LogP) is 6.43. The SMILES string of the molecule is COc1cc(OCc2ccccc2)c(C(=O)CC(=O)[C@]2(C(O)C#CSc3ccccc3)CCc3cccc(OC)c32)cc1OC. The van der Waals surface area contributed by atoms with Crippen LogP contribution in [0.3, 0.4) is 0 Å². The summed E-state index contributed by atoms with van der Waals surface area (Å²) in [7, 11) is 4.50. The third kappa shape index (κ3) is 6.70. The van der Waals surface area contributed by atoms with E-state index in [-0.39, 0.29) is 24.3 Å². The van der Waals surface area contributed by atoms with Crippen LogP contribution in [0.2, 0.25) is 0 Å². The number of hydrogen-bond donors (Lipinski definition) is 1. The zero-order valence-corrected chi connectivity index (χ0v) is 26.2. The lowest BCUT2D eigenvalue weighted by Crippen LogP contribution is -2.45. The highest BCUT2D eigenvalue weighted by Crippen LogP contribution is 2.48. The number of aliphatic hydroxyl groups is 1. The van der Waals surface area contributed by atoms with Gasteiger partial charge in [-0.15, -0.1) is 0 Å². The van der Waals surface area contributed by atoms with Crippen molar-refractivity contribution >= 4 is 23.3 Å². The Kier molecular flexibility index (Phi) is 10.1. The van der Waals surface area contributed by atoms with Gasteiger partial charge in [0.25, 0.3) is 0 Å². The minimum atomic E-state index is -1.47. The van der Waals surface area contributed by atoms with E-state index in [1.807, 2.05) is 72.8 Å². The molecule has 7 nitrogen and oxygen atoms in total. The molecule has 0 spiro atoms. The molecule has 0 saturated carbocycles. The lowest BCUT2D eigenvalue weighted by molar-refractivity contribution is -0.126. The van der Waals surface area contributed by atoms with Crippen LogP contribution in [0.4, 0.5) is 0 Å². The highest BCUT2D eigenvalue weighted by molar-refractivity contribution is 8.03. The van der Waals surface area contributed by atoms with Gasteiger partial charge < -0.3 is 24.1 Å². The Morgan fingerprint density at radius 2 is 1.51 bits per heavy atom. The lowest BCUT2D eigenvalue weighted by Gasteiger charge is -2.32. The van der Waals surface area contributed by atoms with Crippen molar-refractivity contribution in [3.8, 4) is 34.2 Å². The minimum Gasteiger partial charge on any atom is -0.496 e.